The topological polar surface area (TPSA) is 42.0 Å². The van der Waals surface area contributed by atoms with Crippen LogP contribution in [-0.4, -0.2) is 17.4 Å². The standard InChI is InChI=1S/C20H20N2O/c1-3-11-21-20(23)17-13-19(15-8-6-7-14(2)12-15)22-18-10-5-4-9-16(17)18/h4-10,12-13H,3,11H2,1-2H3,(H,21,23). The Morgan fingerprint density at radius 2 is 1.91 bits per heavy atom. The second-order valence-electron chi connectivity index (χ2n) is 5.70. The van der Waals surface area contributed by atoms with E-state index < -0.39 is 0 Å². The van der Waals surface area contributed by atoms with Gasteiger partial charge in [0.15, 0.2) is 0 Å². The van der Waals surface area contributed by atoms with Crippen molar-refractivity contribution in [2.24, 2.45) is 0 Å². The lowest BCUT2D eigenvalue weighted by Crippen LogP contribution is -2.24. The van der Waals surface area contributed by atoms with Gasteiger partial charge >= 0.3 is 0 Å². The van der Waals surface area contributed by atoms with Crippen LogP contribution in [0, 0.1) is 6.92 Å². The number of fused-ring (bicyclic) bond motifs is 1. The summed E-state index contributed by atoms with van der Waals surface area (Å²) >= 11 is 0. The predicted octanol–water partition coefficient (Wildman–Crippen LogP) is 4.35. The van der Waals surface area contributed by atoms with E-state index in [-0.39, 0.29) is 5.91 Å². The van der Waals surface area contributed by atoms with Gasteiger partial charge in [-0.05, 0) is 31.5 Å². The third-order valence-electron chi connectivity index (χ3n) is 3.81. The van der Waals surface area contributed by atoms with E-state index >= 15 is 0 Å². The molecule has 0 spiro atoms. The van der Waals surface area contributed by atoms with Crippen LogP contribution in [0.3, 0.4) is 0 Å². The Morgan fingerprint density at radius 3 is 2.70 bits per heavy atom. The van der Waals surface area contributed by atoms with E-state index in [1.807, 2.05) is 49.4 Å². The fourth-order valence-corrected chi connectivity index (χ4v) is 2.65. The summed E-state index contributed by atoms with van der Waals surface area (Å²) < 4.78 is 0. The third kappa shape index (κ3) is 3.24. The van der Waals surface area contributed by atoms with E-state index in [1.54, 1.807) is 0 Å². The highest BCUT2D eigenvalue weighted by atomic mass is 16.1. The van der Waals surface area contributed by atoms with Crippen molar-refractivity contribution in [1.29, 1.82) is 0 Å². The molecule has 0 aliphatic heterocycles. The van der Waals surface area contributed by atoms with Crippen molar-refractivity contribution in [3.05, 3.63) is 65.7 Å². The highest BCUT2D eigenvalue weighted by Gasteiger charge is 2.13. The number of nitrogens with zero attached hydrogens (tertiary/aromatic N) is 1. The molecule has 0 bridgehead atoms. The van der Waals surface area contributed by atoms with Crippen LogP contribution < -0.4 is 5.32 Å². The fourth-order valence-electron chi connectivity index (χ4n) is 2.65. The number of aromatic nitrogens is 1. The number of aryl methyl sites for hydroxylation is 1. The summed E-state index contributed by atoms with van der Waals surface area (Å²) in [6, 6.07) is 17.9. The number of para-hydroxylation sites is 1. The van der Waals surface area contributed by atoms with Gasteiger partial charge in [-0.15, -0.1) is 0 Å². The Labute approximate surface area is 136 Å². The summed E-state index contributed by atoms with van der Waals surface area (Å²) in [4.78, 5) is 17.3. The molecular weight excluding hydrogens is 284 g/mol. The summed E-state index contributed by atoms with van der Waals surface area (Å²) in [7, 11) is 0. The highest BCUT2D eigenvalue weighted by molar-refractivity contribution is 6.07. The van der Waals surface area contributed by atoms with Crippen LogP contribution in [0.4, 0.5) is 0 Å². The maximum absolute atomic E-state index is 12.5. The van der Waals surface area contributed by atoms with E-state index in [0.717, 1.165) is 28.6 Å². The number of benzene rings is 2. The Morgan fingerprint density at radius 1 is 1.09 bits per heavy atom. The Hall–Kier alpha value is -2.68. The summed E-state index contributed by atoms with van der Waals surface area (Å²) in [6.45, 7) is 4.78. The Balaban J connectivity index is 2.15. The van der Waals surface area contributed by atoms with Gasteiger partial charge in [0, 0.05) is 17.5 Å². The smallest absolute Gasteiger partial charge is 0.252 e. The minimum Gasteiger partial charge on any atom is -0.352 e. The van der Waals surface area contributed by atoms with Crippen LogP contribution in [0.25, 0.3) is 22.2 Å². The minimum atomic E-state index is -0.0423. The zero-order valence-electron chi connectivity index (χ0n) is 13.5. The molecular formula is C20H20N2O. The van der Waals surface area contributed by atoms with Crippen LogP contribution in [0.15, 0.2) is 54.6 Å². The van der Waals surface area contributed by atoms with Gasteiger partial charge in [-0.3, -0.25) is 4.79 Å². The maximum Gasteiger partial charge on any atom is 0.252 e. The van der Waals surface area contributed by atoms with E-state index in [1.165, 1.54) is 5.56 Å². The molecule has 3 aromatic rings. The molecule has 116 valence electrons. The molecule has 0 radical (unpaired) electrons. The zero-order valence-corrected chi connectivity index (χ0v) is 13.5. The third-order valence-corrected chi connectivity index (χ3v) is 3.81. The summed E-state index contributed by atoms with van der Waals surface area (Å²) in [5.41, 5.74) is 4.55. The van der Waals surface area contributed by atoms with Gasteiger partial charge in [0.05, 0.1) is 16.8 Å². The number of nitrogens with one attached hydrogen (secondary N) is 1. The number of pyridine rings is 1. The summed E-state index contributed by atoms with van der Waals surface area (Å²) in [5.74, 6) is -0.0423. The number of rotatable bonds is 4. The van der Waals surface area contributed by atoms with Gasteiger partial charge < -0.3 is 5.32 Å². The van der Waals surface area contributed by atoms with Gasteiger partial charge in [-0.2, -0.15) is 0 Å². The first-order chi connectivity index (χ1) is 11.2. The van der Waals surface area contributed by atoms with Crippen molar-refractivity contribution in [2.45, 2.75) is 20.3 Å². The average Bonchev–Trinajstić information content (AvgIpc) is 2.58. The molecule has 0 saturated heterocycles. The molecule has 1 heterocycles. The number of carbonyl (C=O) groups excluding carboxylic acids is 1. The minimum absolute atomic E-state index is 0.0423. The molecule has 2 aromatic carbocycles. The van der Waals surface area contributed by atoms with Crippen LogP contribution in [-0.2, 0) is 0 Å². The molecule has 0 aliphatic carbocycles. The summed E-state index contributed by atoms with van der Waals surface area (Å²) in [6.07, 6.45) is 0.916. The van der Waals surface area contributed by atoms with Gasteiger partial charge in [0.2, 0.25) is 0 Å². The first-order valence-electron chi connectivity index (χ1n) is 7.94. The maximum atomic E-state index is 12.5. The normalized spacial score (nSPS) is 10.7. The van der Waals surface area contributed by atoms with Crippen molar-refractivity contribution < 1.29 is 4.79 Å². The van der Waals surface area contributed by atoms with Crippen molar-refractivity contribution in [1.82, 2.24) is 10.3 Å². The summed E-state index contributed by atoms with van der Waals surface area (Å²) in [5, 5.41) is 3.85. The number of carbonyl (C=O) groups is 1. The molecule has 3 heteroatoms. The van der Waals surface area contributed by atoms with E-state index in [9.17, 15) is 4.79 Å². The second-order valence-corrected chi connectivity index (χ2v) is 5.70. The molecule has 0 saturated carbocycles. The first kappa shape index (κ1) is 15.2. The largest absolute Gasteiger partial charge is 0.352 e. The number of hydrogen-bond donors (Lipinski definition) is 1. The number of hydrogen-bond acceptors (Lipinski definition) is 2. The lowest BCUT2D eigenvalue weighted by Gasteiger charge is -2.10. The zero-order chi connectivity index (χ0) is 16.2. The molecule has 0 unspecified atom stereocenters. The van der Waals surface area contributed by atoms with Gasteiger partial charge in [-0.1, -0.05) is 48.9 Å². The van der Waals surface area contributed by atoms with E-state index in [2.05, 4.69) is 24.4 Å². The SMILES string of the molecule is CCCNC(=O)c1cc(-c2cccc(C)c2)nc2ccccc12. The van der Waals surface area contributed by atoms with Crippen molar-refractivity contribution in [3.63, 3.8) is 0 Å². The number of amides is 1. The van der Waals surface area contributed by atoms with Crippen molar-refractivity contribution in [2.75, 3.05) is 6.54 Å². The Kier molecular flexibility index (Phi) is 4.38. The van der Waals surface area contributed by atoms with Crippen molar-refractivity contribution in [3.8, 4) is 11.3 Å². The molecule has 0 atom stereocenters. The van der Waals surface area contributed by atoms with Gasteiger partial charge in [-0.25, -0.2) is 4.98 Å². The van der Waals surface area contributed by atoms with E-state index in [4.69, 9.17) is 4.98 Å². The van der Waals surface area contributed by atoms with Crippen LogP contribution in [0.2, 0.25) is 0 Å². The molecule has 0 fully saturated rings. The monoisotopic (exact) mass is 304 g/mol. The Bertz CT molecular complexity index is 855. The molecule has 0 aliphatic rings. The average molecular weight is 304 g/mol. The molecule has 1 amide bonds. The second kappa shape index (κ2) is 6.61. The lowest BCUT2D eigenvalue weighted by atomic mass is 10.0. The van der Waals surface area contributed by atoms with Crippen LogP contribution in [0.5, 0.6) is 0 Å². The molecule has 3 rings (SSSR count). The first-order valence-corrected chi connectivity index (χ1v) is 7.94. The molecule has 1 aromatic heterocycles. The molecule has 23 heavy (non-hydrogen) atoms. The molecule has 1 N–H and O–H groups in total. The van der Waals surface area contributed by atoms with E-state index in [0.29, 0.717) is 12.1 Å². The molecule has 3 nitrogen and oxygen atoms in total. The van der Waals surface area contributed by atoms with Crippen molar-refractivity contribution >= 4 is 16.8 Å². The lowest BCUT2D eigenvalue weighted by molar-refractivity contribution is 0.0955. The van der Waals surface area contributed by atoms with Crippen LogP contribution in [0.1, 0.15) is 29.3 Å². The quantitative estimate of drug-likeness (QED) is 0.778. The highest BCUT2D eigenvalue weighted by Crippen LogP contribution is 2.25. The van der Waals surface area contributed by atoms with Crippen LogP contribution >= 0.6 is 0 Å². The van der Waals surface area contributed by atoms with Gasteiger partial charge in [0.1, 0.15) is 0 Å². The van der Waals surface area contributed by atoms with Gasteiger partial charge in [0.25, 0.3) is 5.91 Å². The fraction of sp³-hybridized carbons (Fsp3) is 0.200. The predicted molar refractivity (Wildman–Crippen MR) is 94.5 cm³/mol.